The fraction of sp³-hybridized carbons (Fsp3) is 0.278. The van der Waals surface area contributed by atoms with Gasteiger partial charge in [-0.15, -0.1) is 12.4 Å². The molecule has 0 fully saturated rings. The molecule has 5 heteroatoms. The first-order valence-electron chi connectivity index (χ1n) is 7.55. The van der Waals surface area contributed by atoms with Crippen molar-refractivity contribution >= 4 is 29.7 Å². The van der Waals surface area contributed by atoms with Crippen LogP contribution >= 0.6 is 12.4 Å². The number of carbonyl (C=O) groups excluding carboxylic acids is 1. The van der Waals surface area contributed by atoms with E-state index in [1.54, 1.807) is 0 Å². The molecule has 0 aliphatic rings. The van der Waals surface area contributed by atoms with Crippen molar-refractivity contribution in [3.63, 3.8) is 0 Å². The van der Waals surface area contributed by atoms with Crippen molar-refractivity contribution in [1.29, 1.82) is 0 Å². The molecular formula is C18H24ClN3O. The Balaban J connectivity index is 0.00000264. The Kier molecular flexibility index (Phi) is 8.16. The standard InChI is InChI=1S/C18H23N3O.ClH/c1-14(15-6-4-3-5-7-15)20-16-8-10-17(11-9-16)21-18(22)12-13-19-2;/h3-11,14,19-20H,12-13H2,1-2H3,(H,21,22);1H. The van der Waals surface area contributed by atoms with Crippen molar-refractivity contribution in [2.75, 3.05) is 24.2 Å². The molecule has 0 spiro atoms. The van der Waals surface area contributed by atoms with E-state index in [0.29, 0.717) is 13.0 Å². The largest absolute Gasteiger partial charge is 0.379 e. The Bertz CT molecular complexity index is 587. The fourth-order valence-electron chi connectivity index (χ4n) is 2.19. The van der Waals surface area contributed by atoms with E-state index in [4.69, 9.17) is 0 Å². The topological polar surface area (TPSA) is 53.2 Å². The number of hydrogen-bond donors (Lipinski definition) is 3. The maximum Gasteiger partial charge on any atom is 0.225 e. The molecule has 0 saturated carbocycles. The van der Waals surface area contributed by atoms with Gasteiger partial charge in [0.05, 0.1) is 0 Å². The average Bonchev–Trinajstić information content (AvgIpc) is 2.55. The summed E-state index contributed by atoms with van der Waals surface area (Å²) < 4.78 is 0. The van der Waals surface area contributed by atoms with Crippen molar-refractivity contribution < 1.29 is 4.79 Å². The van der Waals surface area contributed by atoms with E-state index in [1.165, 1.54) is 5.56 Å². The zero-order valence-electron chi connectivity index (χ0n) is 13.5. The van der Waals surface area contributed by atoms with E-state index in [2.05, 4.69) is 35.0 Å². The van der Waals surface area contributed by atoms with Crippen molar-refractivity contribution in [3.8, 4) is 0 Å². The van der Waals surface area contributed by atoms with Gasteiger partial charge < -0.3 is 16.0 Å². The van der Waals surface area contributed by atoms with Crippen LogP contribution in [0.15, 0.2) is 54.6 Å². The SMILES string of the molecule is CNCCC(=O)Nc1ccc(NC(C)c2ccccc2)cc1.Cl. The molecule has 2 aromatic carbocycles. The first-order chi connectivity index (χ1) is 10.7. The molecule has 4 nitrogen and oxygen atoms in total. The summed E-state index contributed by atoms with van der Waals surface area (Å²) in [5.41, 5.74) is 3.09. The normalized spacial score (nSPS) is 11.2. The Morgan fingerprint density at radius 1 is 1.00 bits per heavy atom. The third-order valence-corrected chi connectivity index (χ3v) is 3.45. The molecule has 23 heavy (non-hydrogen) atoms. The van der Waals surface area contributed by atoms with Gasteiger partial charge in [0.2, 0.25) is 5.91 Å². The first-order valence-corrected chi connectivity index (χ1v) is 7.55. The lowest BCUT2D eigenvalue weighted by Crippen LogP contribution is -2.18. The zero-order valence-corrected chi connectivity index (χ0v) is 14.3. The summed E-state index contributed by atoms with van der Waals surface area (Å²) in [5, 5.41) is 9.29. The molecular weight excluding hydrogens is 310 g/mol. The summed E-state index contributed by atoms with van der Waals surface area (Å²) in [5.74, 6) is 0.0210. The lowest BCUT2D eigenvalue weighted by atomic mass is 10.1. The molecule has 2 rings (SSSR count). The van der Waals surface area contributed by atoms with Crippen molar-refractivity contribution in [2.24, 2.45) is 0 Å². The zero-order chi connectivity index (χ0) is 15.8. The molecule has 0 bridgehead atoms. The Hall–Kier alpha value is -2.04. The highest BCUT2D eigenvalue weighted by atomic mass is 35.5. The molecule has 0 aromatic heterocycles. The minimum absolute atomic E-state index is 0. The number of halogens is 1. The maximum atomic E-state index is 11.7. The predicted molar refractivity (Wildman–Crippen MR) is 99.3 cm³/mol. The van der Waals surface area contributed by atoms with Crippen LogP contribution in [0.1, 0.15) is 24.9 Å². The molecule has 0 aliphatic carbocycles. The smallest absolute Gasteiger partial charge is 0.225 e. The minimum atomic E-state index is 0. The highest BCUT2D eigenvalue weighted by Gasteiger charge is 2.05. The van der Waals surface area contributed by atoms with Gasteiger partial charge in [0.25, 0.3) is 0 Å². The highest BCUT2D eigenvalue weighted by Crippen LogP contribution is 2.20. The molecule has 0 saturated heterocycles. The van der Waals surface area contributed by atoms with Gasteiger partial charge in [0.15, 0.2) is 0 Å². The van der Waals surface area contributed by atoms with Gasteiger partial charge in [-0.2, -0.15) is 0 Å². The summed E-state index contributed by atoms with van der Waals surface area (Å²) in [6.45, 7) is 2.81. The molecule has 1 unspecified atom stereocenters. The van der Waals surface area contributed by atoms with E-state index in [9.17, 15) is 4.79 Å². The lowest BCUT2D eigenvalue weighted by molar-refractivity contribution is -0.116. The molecule has 0 radical (unpaired) electrons. The highest BCUT2D eigenvalue weighted by molar-refractivity contribution is 5.91. The van der Waals surface area contributed by atoms with E-state index < -0.39 is 0 Å². The Morgan fingerprint density at radius 2 is 1.61 bits per heavy atom. The monoisotopic (exact) mass is 333 g/mol. The maximum absolute atomic E-state index is 11.7. The van der Waals surface area contributed by atoms with Crippen LogP contribution in [0.25, 0.3) is 0 Å². The van der Waals surface area contributed by atoms with Crippen LogP contribution in [0.2, 0.25) is 0 Å². The lowest BCUT2D eigenvalue weighted by Gasteiger charge is -2.16. The molecule has 0 aliphatic heterocycles. The van der Waals surface area contributed by atoms with Crippen molar-refractivity contribution in [3.05, 3.63) is 60.2 Å². The van der Waals surface area contributed by atoms with Gasteiger partial charge in [-0.3, -0.25) is 4.79 Å². The minimum Gasteiger partial charge on any atom is -0.379 e. The van der Waals surface area contributed by atoms with Crippen molar-refractivity contribution in [1.82, 2.24) is 5.32 Å². The summed E-state index contributed by atoms with van der Waals surface area (Å²) in [6.07, 6.45) is 0.474. The molecule has 2 aromatic rings. The quantitative estimate of drug-likeness (QED) is 0.721. The summed E-state index contributed by atoms with van der Waals surface area (Å²) in [4.78, 5) is 11.7. The Morgan fingerprint density at radius 3 is 2.22 bits per heavy atom. The number of hydrogen-bond acceptors (Lipinski definition) is 3. The summed E-state index contributed by atoms with van der Waals surface area (Å²) >= 11 is 0. The third kappa shape index (κ3) is 6.30. The van der Waals surface area contributed by atoms with Crippen LogP contribution < -0.4 is 16.0 Å². The van der Waals surface area contributed by atoms with E-state index in [1.807, 2.05) is 49.5 Å². The number of amides is 1. The van der Waals surface area contributed by atoms with E-state index >= 15 is 0 Å². The first kappa shape index (κ1) is 19.0. The second-order valence-electron chi connectivity index (χ2n) is 5.26. The van der Waals surface area contributed by atoms with E-state index in [-0.39, 0.29) is 24.4 Å². The predicted octanol–water partition coefficient (Wildman–Crippen LogP) is 3.83. The fourth-order valence-corrected chi connectivity index (χ4v) is 2.19. The second-order valence-corrected chi connectivity index (χ2v) is 5.26. The number of rotatable bonds is 7. The number of carbonyl (C=O) groups is 1. The van der Waals surface area contributed by atoms with Crippen LogP contribution in [0, 0.1) is 0 Å². The van der Waals surface area contributed by atoms with Crippen LogP contribution in [0.4, 0.5) is 11.4 Å². The number of nitrogens with one attached hydrogen (secondary N) is 3. The number of anilines is 2. The molecule has 1 amide bonds. The van der Waals surface area contributed by atoms with Crippen molar-refractivity contribution in [2.45, 2.75) is 19.4 Å². The van der Waals surface area contributed by atoms with Gasteiger partial charge in [-0.1, -0.05) is 30.3 Å². The van der Waals surface area contributed by atoms with Gasteiger partial charge in [-0.25, -0.2) is 0 Å². The Labute approximate surface area is 144 Å². The van der Waals surface area contributed by atoms with Gasteiger partial charge in [0.1, 0.15) is 0 Å². The summed E-state index contributed by atoms with van der Waals surface area (Å²) in [6, 6.07) is 18.3. The van der Waals surface area contributed by atoms with Crippen LogP contribution in [0.5, 0.6) is 0 Å². The van der Waals surface area contributed by atoms with Crippen LogP contribution in [0.3, 0.4) is 0 Å². The molecule has 124 valence electrons. The molecule has 3 N–H and O–H groups in total. The molecule has 1 atom stereocenters. The van der Waals surface area contributed by atoms with Crippen LogP contribution in [-0.4, -0.2) is 19.5 Å². The third-order valence-electron chi connectivity index (χ3n) is 3.45. The number of benzene rings is 2. The average molecular weight is 334 g/mol. The van der Waals surface area contributed by atoms with Gasteiger partial charge in [-0.05, 0) is 43.8 Å². The van der Waals surface area contributed by atoms with Gasteiger partial charge >= 0.3 is 0 Å². The van der Waals surface area contributed by atoms with Crippen LogP contribution in [-0.2, 0) is 4.79 Å². The van der Waals surface area contributed by atoms with Gasteiger partial charge in [0, 0.05) is 30.4 Å². The second kappa shape index (κ2) is 9.87. The molecule has 0 heterocycles. The van der Waals surface area contributed by atoms with E-state index in [0.717, 1.165) is 11.4 Å². The summed E-state index contributed by atoms with van der Waals surface area (Å²) in [7, 11) is 1.83.